The molecule has 0 bridgehead atoms. The summed E-state index contributed by atoms with van der Waals surface area (Å²) in [7, 11) is 1.36. The van der Waals surface area contributed by atoms with Gasteiger partial charge in [0.15, 0.2) is 0 Å². The second-order valence-corrected chi connectivity index (χ2v) is 4.67. The van der Waals surface area contributed by atoms with Gasteiger partial charge in [-0.1, -0.05) is 0 Å². The second kappa shape index (κ2) is 4.45. The van der Waals surface area contributed by atoms with Crippen molar-refractivity contribution in [3.8, 4) is 0 Å². The molecule has 13 heavy (non-hydrogen) atoms. The number of nitrogens with two attached hydrogens (primary N) is 1. The third kappa shape index (κ3) is 2.46. The molecule has 1 aromatic rings. The Kier molecular flexibility index (Phi) is 3.77. The van der Waals surface area contributed by atoms with Crippen LogP contribution in [0.4, 0.5) is 5.69 Å². The first kappa shape index (κ1) is 11.0. The Hall–Kier alpha value is -0.0500. The molecule has 0 aliphatic rings. The summed E-state index contributed by atoms with van der Waals surface area (Å²) < 4.78 is 6.33. The quantitative estimate of drug-likeness (QED) is 0.445. The van der Waals surface area contributed by atoms with Crippen molar-refractivity contribution in [2.45, 2.75) is 0 Å². The number of carbonyl (C=O) groups is 1. The van der Waals surface area contributed by atoms with Gasteiger partial charge in [0.05, 0.1) is 18.4 Å². The van der Waals surface area contributed by atoms with Gasteiger partial charge < -0.3 is 10.5 Å². The summed E-state index contributed by atoms with van der Waals surface area (Å²) in [6, 6.07) is 3.42. The van der Waals surface area contributed by atoms with Crippen LogP contribution in [0.15, 0.2) is 12.1 Å². The van der Waals surface area contributed by atoms with Gasteiger partial charge >= 0.3 is 5.97 Å². The first-order chi connectivity index (χ1) is 6.06. The number of hydrogen-bond donors (Lipinski definition) is 1. The Bertz CT molecular complexity index is 329. The summed E-state index contributed by atoms with van der Waals surface area (Å²) in [5, 5.41) is 0. The van der Waals surface area contributed by atoms with Gasteiger partial charge in [-0.05, 0) is 57.3 Å². The molecule has 2 N–H and O–H groups in total. The van der Waals surface area contributed by atoms with Crippen LogP contribution in [0.5, 0.6) is 0 Å². The minimum absolute atomic E-state index is 0.337. The average Bonchev–Trinajstić information content (AvgIpc) is 2.12. The predicted octanol–water partition coefficient (Wildman–Crippen LogP) is 2.26. The number of carbonyl (C=O) groups excluding carboxylic acids is 1. The lowest BCUT2D eigenvalue weighted by Crippen LogP contribution is -2.04. The van der Waals surface area contributed by atoms with Crippen LogP contribution in [-0.2, 0) is 4.74 Å². The molecule has 5 heteroatoms. The van der Waals surface area contributed by atoms with Crippen molar-refractivity contribution < 1.29 is 9.53 Å². The third-order valence-electron chi connectivity index (χ3n) is 1.50. The number of nitrogen functional groups attached to an aromatic ring is 1. The summed E-state index contributed by atoms with van der Waals surface area (Å²) in [6.45, 7) is 0. The molecule has 0 aliphatic carbocycles. The monoisotopic (exact) mass is 403 g/mol. The molecule has 3 nitrogen and oxygen atoms in total. The van der Waals surface area contributed by atoms with Crippen molar-refractivity contribution in [1.82, 2.24) is 0 Å². The Morgan fingerprint density at radius 3 is 2.23 bits per heavy atom. The summed E-state index contributed by atoms with van der Waals surface area (Å²) in [5.41, 5.74) is 6.96. The molecule has 70 valence electrons. The SMILES string of the molecule is COC(=O)c1cc(I)c(N)c(I)c1. The lowest BCUT2D eigenvalue weighted by molar-refractivity contribution is 0.0600. The highest BCUT2D eigenvalue weighted by molar-refractivity contribution is 14.1. The number of ether oxygens (including phenoxy) is 1. The van der Waals surface area contributed by atoms with E-state index >= 15 is 0 Å². The van der Waals surface area contributed by atoms with Crippen molar-refractivity contribution in [2.75, 3.05) is 12.8 Å². The zero-order valence-corrected chi connectivity index (χ0v) is 11.1. The fourth-order valence-electron chi connectivity index (χ4n) is 0.820. The van der Waals surface area contributed by atoms with Gasteiger partial charge in [-0.3, -0.25) is 0 Å². The minimum atomic E-state index is -0.337. The van der Waals surface area contributed by atoms with Crippen LogP contribution in [0, 0.1) is 7.14 Å². The maximum atomic E-state index is 11.2. The van der Waals surface area contributed by atoms with Gasteiger partial charge in [0.2, 0.25) is 0 Å². The second-order valence-electron chi connectivity index (χ2n) is 2.35. The summed E-state index contributed by atoms with van der Waals surface area (Å²) in [5.74, 6) is -0.337. The van der Waals surface area contributed by atoms with Gasteiger partial charge in [0.25, 0.3) is 0 Å². The Balaban J connectivity index is 3.20. The number of benzene rings is 1. The van der Waals surface area contributed by atoms with Crippen LogP contribution in [-0.4, -0.2) is 13.1 Å². The molecule has 1 aromatic carbocycles. The van der Waals surface area contributed by atoms with Crippen molar-refractivity contribution in [2.24, 2.45) is 0 Å². The highest BCUT2D eigenvalue weighted by Crippen LogP contribution is 2.23. The van der Waals surface area contributed by atoms with Crippen molar-refractivity contribution >= 4 is 56.8 Å². The number of hydrogen-bond acceptors (Lipinski definition) is 3. The fraction of sp³-hybridized carbons (Fsp3) is 0.125. The normalized spacial score (nSPS) is 9.77. The lowest BCUT2D eigenvalue weighted by Gasteiger charge is -2.04. The molecule has 0 aromatic heterocycles. The molecule has 0 fully saturated rings. The van der Waals surface area contributed by atoms with Crippen molar-refractivity contribution in [1.29, 1.82) is 0 Å². The first-order valence-electron chi connectivity index (χ1n) is 3.39. The van der Waals surface area contributed by atoms with Gasteiger partial charge in [0, 0.05) is 7.14 Å². The molecule has 0 radical (unpaired) electrons. The van der Waals surface area contributed by atoms with Crippen LogP contribution in [0.2, 0.25) is 0 Å². The van der Waals surface area contributed by atoms with E-state index in [9.17, 15) is 4.79 Å². The van der Waals surface area contributed by atoms with Gasteiger partial charge in [0.1, 0.15) is 0 Å². The maximum absolute atomic E-state index is 11.2. The van der Waals surface area contributed by atoms with E-state index in [1.165, 1.54) is 7.11 Å². The molecule has 0 aliphatic heterocycles. The number of anilines is 1. The predicted molar refractivity (Wildman–Crippen MR) is 67.6 cm³/mol. The topological polar surface area (TPSA) is 52.3 Å². The highest BCUT2D eigenvalue weighted by atomic mass is 127. The van der Waals surface area contributed by atoms with E-state index in [0.717, 1.165) is 7.14 Å². The molecule has 0 saturated heterocycles. The van der Waals surface area contributed by atoms with E-state index in [1.54, 1.807) is 12.1 Å². The van der Waals surface area contributed by atoms with E-state index in [-0.39, 0.29) is 5.97 Å². The molecule has 0 saturated carbocycles. The number of halogens is 2. The van der Waals surface area contributed by atoms with E-state index in [0.29, 0.717) is 11.3 Å². The van der Waals surface area contributed by atoms with Crippen molar-refractivity contribution in [3.05, 3.63) is 24.8 Å². The fourth-order valence-corrected chi connectivity index (χ4v) is 2.59. The lowest BCUT2D eigenvalue weighted by atomic mass is 10.2. The van der Waals surface area contributed by atoms with Crippen molar-refractivity contribution in [3.63, 3.8) is 0 Å². The van der Waals surface area contributed by atoms with Gasteiger partial charge in [-0.2, -0.15) is 0 Å². The molecule has 0 atom stereocenters. The average molecular weight is 403 g/mol. The molecule has 0 heterocycles. The number of esters is 1. The summed E-state index contributed by atoms with van der Waals surface area (Å²) in [6.07, 6.45) is 0. The standard InChI is InChI=1S/C8H7I2NO2/c1-13-8(12)4-2-5(9)7(11)6(10)3-4/h2-3H,11H2,1H3. The minimum Gasteiger partial charge on any atom is -0.465 e. The van der Waals surface area contributed by atoms with E-state index in [4.69, 9.17) is 5.73 Å². The van der Waals surface area contributed by atoms with Gasteiger partial charge in [-0.25, -0.2) is 4.79 Å². The molecular formula is C8H7I2NO2. The Labute approximate surface area is 103 Å². The molecule has 0 unspecified atom stereocenters. The van der Waals surface area contributed by atoms with E-state index in [2.05, 4.69) is 49.9 Å². The van der Waals surface area contributed by atoms with E-state index in [1.807, 2.05) is 0 Å². The Morgan fingerprint density at radius 1 is 1.38 bits per heavy atom. The summed E-state index contributed by atoms with van der Waals surface area (Å²) in [4.78, 5) is 11.2. The van der Waals surface area contributed by atoms with E-state index < -0.39 is 0 Å². The molecule has 0 spiro atoms. The van der Waals surface area contributed by atoms with Crippen LogP contribution >= 0.6 is 45.2 Å². The first-order valence-corrected chi connectivity index (χ1v) is 5.55. The molecular weight excluding hydrogens is 396 g/mol. The van der Waals surface area contributed by atoms with Gasteiger partial charge in [-0.15, -0.1) is 0 Å². The highest BCUT2D eigenvalue weighted by Gasteiger charge is 2.10. The van der Waals surface area contributed by atoms with Crippen LogP contribution in [0.25, 0.3) is 0 Å². The van der Waals surface area contributed by atoms with Crippen LogP contribution in [0.3, 0.4) is 0 Å². The Morgan fingerprint density at radius 2 is 1.85 bits per heavy atom. The molecule has 0 amide bonds. The number of rotatable bonds is 1. The summed E-state index contributed by atoms with van der Waals surface area (Å²) >= 11 is 4.18. The van der Waals surface area contributed by atoms with Crippen LogP contribution in [0.1, 0.15) is 10.4 Å². The largest absolute Gasteiger partial charge is 0.465 e. The smallest absolute Gasteiger partial charge is 0.337 e. The maximum Gasteiger partial charge on any atom is 0.337 e. The zero-order valence-electron chi connectivity index (χ0n) is 6.80. The number of methoxy groups -OCH3 is 1. The zero-order chi connectivity index (χ0) is 10.0. The molecule has 1 rings (SSSR count). The van der Waals surface area contributed by atoms with Crippen LogP contribution < -0.4 is 5.73 Å². The third-order valence-corrected chi connectivity index (χ3v) is 3.29.